The quantitative estimate of drug-likeness (QED) is 0.375. The van der Waals surface area contributed by atoms with E-state index in [1.54, 1.807) is 0 Å². The van der Waals surface area contributed by atoms with Crippen molar-refractivity contribution in [3.63, 3.8) is 0 Å². The van der Waals surface area contributed by atoms with Crippen LogP contribution in [0.1, 0.15) is 49.7 Å². The van der Waals surface area contributed by atoms with Crippen molar-refractivity contribution in [2.75, 3.05) is 0 Å². The van der Waals surface area contributed by atoms with E-state index in [4.69, 9.17) is 0 Å². The summed E-state index contributed by atoms with van der Waals surface area (Å²) in [6.45, 7) is 2.06. The lowest BCUT2D eigenvalue weighted by Gasteiger charge is -2.40. The molecule has 1 saturated carbocycles. The third kappa shape index (κ3) is 5.10. The Kier molecular flexibility index (Phi) is 5.51. The predicted molar refractivity (Wildman–Crippen MR) is 99.1 cm³/mol. The predicted octanol–water partition coefficient (Wildman–Crippen LogP) is 9.18. The molecule has 2 aromatic carbocycles. The lowest BCUT2D eigenvalue weighted by Crippen LogP contribution is -2.25. The summed E-state index contributed by atoms with van der Waals surface area (Å²) in [5, 5.41) is 0. The Hall–Kier alpha value is -2.11. The summed E-state index contributed by atoms with van der Waals surface area (Å²) in [7, 11) is -10.6. The second-order valence-corrected chi connectivity index (χ2v) is 10.4. The van der Waals surface area contributed by atoms with Gasteiger partial charge in [-0.2, -0.15) is 13.2 Å². The second kappa shape index (κ2) is 7.19. The molecule has 0 heterocycles. The minimum absolute atomic E-state index is 0.0460. The molecule has 1 fully saturated rings. The Bertz CT molecular complexity index is 1030. The molecule has 180 valence electrons. The van der Waals surface area contributed by atoms with Crippen LogP contribution in [0.25, 0.3) is 0 Å². The maximum atomic E-state index is 14.4. The number of rotatable bonds is 5. The summed E-state index contributed by atoms with van der Waals surface area (Å²) in [5.74, 6) is -8.56. The minimum atomic E-state index is -10.6. The number of alkyl halides is 2. The van der Waals surface area contributed by atoms with E-state index in [2.05, 4.69) is 11.7 Å². The third-order valence-electron chi connectivity index (χ3n) is 5.46. The fourth-order valence-electron chi connectivity index (χ4n) is 3.70. The van der Waals surface area contributed by atoms with Gasteiger partial charge in [0.25, 0.3) is 0 Å². The van der Waals surface area contributed by atoms with Gasteiger partial charge in [0.2, 0.25) is 5.82 Å². The third-order valence-corrected chi connectivity index (χ3v) is 6.61. The smallest absolute Gasteiger partial charge is 0.426 e. The summed E-state index contributed by atoms with van der Waals surface area (Å²) in [4.78, 5) is -3.21. The van der Waals surface area contributed by atoms with Gasteiger partial charge < -0.3 is 4.74 Å². The highest BCUT2D eigenvalue weighted by atomic mass is 32.5. The average molecular weight is 496 g/mol. The molecular weight excluding hydrogens is 478 g/mol. The van der Waals surface area contributed by atoms with Crippen molar-refractivity contribution in [1.82, 2.24) is 0 Å². The molecule has 32 heavy (non-hydrogen) atoms. The second-order valence-electron chi connectivity index (χ2n) is 7.97. The van der Waals surface area contributed by atoms with E-state index in [1.165, 1.54) is 6.07 Å². The molecule has 0 radical (unpaired) electrons. The van der Waals surface area contributed by atoms with Gasteiger partial charge in [-0.25, -0.2) is 8.78 Å². The highest BCUT2D eigenvalue weighted by molar-refractivity contribution is 8.45. The molecule has 1 aliphatic carbocycles. The van der Waals surface area contributed by atoms with E-state index in [-0.39, 0.29) is 12.0 Å². The van der Waals surface area contributed by atoms with E-state index in [9.17, 15) is 41.4 Å². The topological polar surface area (TPSA) is 9.23 Å². The molecule has 12 heteroatoms. The molecule has 0 amide bonds. The molecule has 0 bridgehead atoms. The normalized spacial score (nSPS) is 22.2. The van der Waals surface area contributed by atoms with E-state index >= 15 is 0 Å². The molecule has 3 rings (SSSR count). The van der Waals surface area contributed by atoms with Crippen LogP contribution in [0.5, 0.6) is 5.75 Å². The fraction of sp³-hybridized carbons (Fsp3) is 0.400. The van der Waals surface area contributed by atoms with Crippen molar-refractivity contribution >= 4 is 10.2 Å². The zero-order valence-corrected chi connectivity index (χ0v) is 17.3. The summed E-state index contributed by atoms with van der Waals surface area (Å²) < 4.78 is 138. The van der Waals surface area contributed by atoms with Crippen LogP contribution in [0.3, 0.4) is 0 Å². The molecule has 0 aliphatic heterocycles. The summed E-state index contributed by atoms with van der Waals surface area (Å²) in [5.41, 5.74) is -0.909. The molecule has 0 atom stereocenters. The van der Waals surface area contributed by atoms with Crippen LogP contribution in [0.2, 0.25) is 0 Å². The largest absolute Gasteiger partial charge is 0.429 e. The first kappa shape index (κ1) is 24.5. The zero-order chi connectivity index (χ0) is 24.2. The van der Waals surface area contributed by atoms with Crippen molar-refractivity contribution in [3.8, 4) is 5.75 Å². The first-order chi connectivity index (χ1) is 14.4. The molecule has 2 aromatic rings. The van der Waals surface area contributed by atoms with Gasteiger partial charge in [-0.1, -0.05) is 45.3 Å². The van der Waals surface area contributed by atoms with Crippen molar-refractivity contribution in [2.24, 2.45) is 5.92 Å². The SMILES string of the molecule is CC1CCC(c2ccc(C(F)(F)Oc3ccc(S(F)(F)(F)(F)F)c(F)c3F)c(F)c2)CC1. The summed E-state index contributed by atoms with van der Waals surface area (Å²) >= 11 is 0. The lowest BCUT2D eigenvalue weighted by atomic mass is 9.79. The molecule has 0 spiro atoms. The fourth-order valence-corrected chi connectivity index (χ4v) is 4.45. The molecule has 0 unspecified atom stereocenters. The Labute approximate surface area is 177 Å². The minimum Gasteiger partial charge on any atom is -0.426 e. The van der Waals surface area contributed by atoms with Gasteiger partial charge in [0.05, 0.1) is 5.56 Å². The number of halogens is 10. The Balaban J connectivity index is 1.89. The molecule has 1 aliphatic rings. The number of hydrogen-bond acceptors (Lipinski definition) is 1. The lowest BCUT2D eigenvalue weighted by molar-refractivity contribution is -0.189. The van der Waals surface area contributed by atoms with Gasteiger partial charge in [0.15, 0.2) is 11.6 Å². The van der Waals surface area contributed by atoms with Crippen LogP contribution in [0.4, 0.5) is 41.4 Å². The van der Waals surface area contributed by atoms with Crippen molar-refractivity contribution in [2.45, 2.75) is 49.5 Å². The van der Waals surface area contributed by atoms with Gasteiger partial charge in [-0.05, 0) is 54.5 Å². The van der Waals surface area contributed by atoms with Gasteiger partial charge in [-0.3, -0.25) is 0 Å². The molecule has 0 saturated heterocycles. The van der Waals surface area contributed by atoms with Gasteiger partial charge in [0.1, 0.15) is 10.7 Å². The Morgan fingerprint density at radius 3 is 1.97 bits per heavy atom. The standard InChI is InChI=1S/C20H18F10OS/c1-11-2-4-12(5-3-11)13-6-7-14(15(21)10-13)20(24,25)31-16-8-9-17(19(23)18(16)22)32(26,27,28,29)30/h6-12H,2-5H2,1H3. The van der Waals surface area contributed by atoms with E-state index < -0.39 is 56.1 Å². The first-order valence-electron chi connectivity index (χ1n) is 9.48. The summed E-state index contributed by atoms with van der Waals surface area (Å²) in [6.07, 6.45) is -1.40. The van der Waals surface area contributed by atoms with Crippen LogP contribution >= 0.6 is 10.2 Å². The zero-order valence-electron chi connectivity index (χ0n) is 16.5. The first-order valence-corrected chi connectivity index (χ1v) is 11.4. The maximum Gasteiger partial charge on any atom is 0.429 e. The van der Waals surface area contributed by atoms with E-state index in [1.807, 2.05) is 0 Å². The molecule has 0 N–H and O–H groups in total. The van der Waals surface area contributed by atoms with Crippen LogP contribution < -0.4 is 4.74 Å². The molecular formula is C20H18F10OS. The van der Waals surface area contributed by atoms with Crippen LogP contribution in [0, 0.1) is 23.4 Å². The number of ether oxygens (including phenoxy) is 1. The molecule has 1 nitrogen and oxygen atoms in total. The summed E-state index contributed by atoms with van der Waals surface area (Å²) in [6, 6.07) is 1.95. The average Bonchev–Trinajstić information content (AvgIpc) is 2.63. The van der Waals surface area contributed by atoms with Gasteiger partial charge in [-0.15, -0.1) is 0 Å². The van der Waals surface area contributed by atoms with E-state index in [0.717, 1.165) is 31.7 Å². The number of hydrogen-bond donors (Lipinski definition) is 0. The maximum absolute atomic E-state index is 14.4. The van der Waals surface area contributed by atoms with Crippen LogP contribution in [-0.2, 0) is 6.11 Å². The van der Waals surface area contributed by atoms with Crippen molar-refractivity contribution < 1.29 is 46.1 Å². The highest BCUT2D eigenvalue weighted by Crippen LogP contribution is 3.02. The highest BCUT2D eigenvalue weighted by Gasteiger charge is 2.67. The van der Waals surface area contributed by atoms with E-state index in [0.29, 0.717) is 17.5 Å². The van der Waals surface area contributed by atoms with Gasteiger partial charge in [0, 0.05) is 0 Å². The van der Waals surface area contributed by atoms with Gasteiger partial charge >= 0.3 is 16.3 Å². The van der Waals surface area contributed by atoms with Crippen molar-refractivity contribution in [3.05, 3.63) is 58.9 Å². The molecule has 0 aromatic heterocycles. The Morgan fingerprint density at radius 1 is 0.844 bits per heavy atom. The Morgan fingerprint density at radius 2 is 1.44 bits per heavy atom. The number of benzene rings is 2. The van der Waals surface area contributed by atoms with Crippen LogP contribution in [-0.4, -0.2) is 0 Å². The van der Waals surface area contributed by atoms with Crippen LogP contribution in [0.15, 0.2) is 35.2 Å². The van der Waals surface area contributed by atoms with Crippen molar-refractivity contribution in [1.29, 1.82) is 0 Å². The monoisotopic (exact) mass is 496 g/mol.